The molecular formula is C10H21NO3. The van der Waals surface area contributed by atoms with Gasteiger partial charge < -0.3 is 9.64 Å². The van der Waals surface area contributed by atoms with Crippen molar-refractivity contribution in [3.63, 3.8) is 0 Å². The Morgan fingerprint density at radius 1 is 1.29 bits per heavy atom. The second kappa shape index (κ2) is 10.0. The fraction of sp³-hybridized carbons (Fsp3) is 0.800. The van der Waals surface area contributed by atoms with Gasteiger partial charge in [-0.2, -0.15) is 0 Å². The molecule has 0 aromatic carbocycles. The van der Waals surface area contributed by atoms with Gasteiger partial charge >= 0.3 is 5.97 Å². The molecule has 0 atom stereocenters. The molecule has 0 saturated heterocycles. The first-order valence-electron chi connectivity index (χ1n) is 4.95. The maximum Gasteiger partial charge on any atom is 0.302 e. The molecule has 84 valence electrons. The minimum Gasteiger partial charge on any atom is -0.464 e. The average Bonchev–Trinajstić information content (AvgIpc) is 2.19. The third-order valence-corrected chi connectivity index (χ3v) is 1.46. The van der Waals surface area contributed by atoms with E-state index in [4.69, 9.17) is 0 Å². The van der Waals surface area contributed by atoms with Crippen molar-refractivity contribution in [2.45, 2.75) is 34.1 Å². The molecule has 0 saturated carbocycles. The number of nitrogens with zero attached hydrogens (tertiary/aromatic N) is 1. The van der Waals surface area contributed by atoms with E-state index in [9.17, 15) is 9.59 Å². The van der Waals surface area contributed by atoms with Gasteiger partial charge in [-0.25, -0.2) is 0 Å². The molecule has 0 aliphatic carbocycles. The van der Waals surface area contributed by atoms with E-state index >= 15 is 0 Å². The Kier molecular flexibility index (Phi) is 11.0. The first-order chi connectivity index (χ1) is 6.57. The molecule has 0 aliphatic heterocycles. The van der Waals surface area contributed by atoms with E-state index in [-0.39, 0.29) is 18.5 Å². The summed E-state index contributed by atoms with van der Waals surface area (Å²) in [5, 5.41) is 0. The Morgan fingerprint density at radius 2 is 1.79 bits per heavy atom. The number of esters is 1. The van der Waals surface area contributed by atoms with Crippen molar-refractivity contribution in [3.8, 4) is 0 Å². The highest BCUT2D eigenvalue weighted by Crippen LogP contribution is 1.89. The molecule has 0 bridgehead atoms. The summed E-state index contributed by atoms with van der Waals surface area (Å²) in [4.78, 5) is 22.9. The van der Waals surface area contributed by atoms with Crippen LogP contribution in [0.15, 0.2) is 0 Å². The van der Waals surface area contributed by atoms with Crippen molar-refractivity contribution in [1.82, 2.24) is 4.90 Å². The molecule has 0 aromatic rings. The quantitative estimate of drug-likeness (QED) is 0.650. The zero-order valence-corrected chi connectivity index (χ0v) is 9.79. The number of hydrogen-bond acceptors (Lipinski definition) is 3. The normalized spacial score (nSPS) is 8.36. The van der Waals surface area contributed by atoms with Crippen LogP contribution in [0.3, 0.4) is 0 Å². The van der Waals surface area contributed by atoms with Gasteiger partial charge in [0.05, 0.1) is 6.54 Å². The predicted molar refractivity (Wildman–Crippen MR) is 55.9 cm³/mol. The predicted octanol–water partition coefficient (Wildman–Crippen LogP) is 1.44. The van der Waals surface area contributed by atoms with E-state index in [2.05, 4.69) is 4.74 Å². The smallest absolute Gasteiger partial charge is 0.302 e. The number of carbonyl (C=O) groups is 2. The van der Waals surface area contributed by atoms with Gasteiger partial charge in [0.15, 0.2) is 0 Å². The van der Waals surface area contributed by atoms with Crippen LogP contribution in [0.1, 0.15) is 34.1 Å². The monoisotopic (exact) mass is 203 g/mol. The van der Waals surface area contributed by atoms with Crippen LogP contribution < -0.4 is 0 Å². The van der Waals surface area contributed by atoms with E-state index in [1.165, 1.54) is 6.92 Å². The van der Waals surface area contributed by atoms with Gasteiger partial charge in [0.1, 0.15) is 6.61 Å². The minimum absolute atomic E-state index is 0.0575. The molecule has 14 heavy (non-hydrogen) atoms. The maximum atomic E-state index is 11.0. The summed E-state index contributed by atoms with van der Waals surface area (Å²) in [5.74, 6) is -0.255. The van der Waals surface area contributed by atoms with Gasteiger partial charge in [0.2, 0.25) is 5.91 Å². The van der Waals surface area contributed by atoms with Gasteiger partial charge in [0, 0.05) is 20.4 Å². The summed E-state index contributed by atoms with van der Waals surface area (Å²) < 4.78 is 4.67. The van der Waals surface area contributed by atoms with Crippen molar-refractivity contribution < 1.29 is 14.3 Å². The molecule has 4 nitrogen and oxygen atoms in total. The molecule has 0 spiro atoms. The first kappa shape index (κ1) is 15.4. The summed E-state index contributed by atoms with van der Waals surface area (Å²) in [7, 11) is 1.69. The van der Waals surface area contributed by atoms with Crippen LogP contribution in [0.2, 0.25) is 0 Å². The highest BCUT2D eigenvalue weighted by molar-refractivity contribution is 5.75. The van der Waals surface area contributed by atoms with E-state index < -0.39 is 0 Å². The van der Waals surface area contributed by atoms with Crippen molar-refractivity contribution >= 4 is 11.9 Å². The highest BCUT2D eigenvalue weighted by atomic mass is 16.5. The first-order valence-corrected chi connectivity index (χ1v) is 4.95. The molecule has 1 amide bonds. The second-order valence-corrected chi connectivity index (χ2v) is 2.51. The molecule has 0 N–H and O–H groups in total. The van der Waals surface area contributed by atoms with Crippen molar-refractivity contribution in [2.75, 3.05) is 20.2 Å². The number of amides is 1. The molecule has 0 fully saturated rings. The van der Waals surface area contributed by atoms with Gasteiger partial charge in [-0.3, -0.25) is 9.59 Å². The van der Waals surface area contributed by atoms with Crippen LogP contribution in [-0.2, 0) is 14.3 Å². The number of carbonyl (C=O) groups excluding carboxylic acids is 2. The zero-order valence-electron chi connectivity index (χ0n) is 9.79. The van der Waals surface area contributed by atoms with E-state index in [1.54, 1.807) is 18.9 Å². The number of rotatable bonds is 4. The molecular weight excluding hydrogens is 182 g/mol. The lowest BCUT2D eigenvalue weighted by molar-refractivity contribution is -0.143. The summed E-state index contributed by atoms with van der Waals surface area (Å²) >= 11 is 0. The SMILES string of the molecule is CC.CCC(=O)N(C)CCOC(C)=O. The summed E-state index contributed by atoms with van der Waals surface area (Å²) in [6, 6.07) is 0. The Labute approximate surface area is 86.2 Å². The molecule has 0 radical (unpaired) electrons. The average molecular weight is 203 g/mol. The topological polar surface area (TPSA) is 46.6 Å². The number of likely N-dealkylation sites (N-methyl/N-ethyl adjacent to an activating group) is 1. The summed E-state index contributed by atoms with van der Waals surface area (Å²) in [6.07, 6.45) is 0.483. The Bertz CT molecular complexity index is 169. The van der Waals surface area contributed by atoms with Crippen molar-refractivity contribution in [2.24, 2.45) is 0 Å². The lowest BCUT2D eigenvalue weighted by Gasteiger charge is -2.15. The van der Waals surface area contributed by atoms with Gasteiger partial charge in [0.25, 0.3) is 0 Å². The van der Waals surface area contributed by atoms with Crippen LogP contribution in [-0.4, -0.2) is 37.0 Å². The van der Waals surface area contributed by atoms with E-state index in [1.807, 2.05) is 13.8 Å². The zero-order chi connectivity index (χ0) is 11.6. The third kappa shape index (κ3) is 9.03. The number of ether oxygens (including phenoxy) is 1. The molecule has 0 heterocycles. The van der Waals surface area contributed by atoms with Crippen LogP contribution in [0.5, 0.6) is 0 Å². The molecule has 4 heteroatoms. The maximum absolute atomic E-state index is 11.0. The minimum atomic E-state index is -0.313. The summed E-state index contributed by atoms with van der Waals surface area (Å²) in [6.45, 7) is 7.89. The van der Waals surface area contributed by atoms with Crippen LogP contribution in [0, 0.1) is 0 Å². The van der Waals surface area contributed by atoms with Gasteiger partial charge in [-0.1, -0.05) is 20.8 Å². The lowest BCUT2D eigenvalue weighted by atomic mass is 10.4. The summed E-state index contributed by atoms with van der Waals surface area (Å²) in [5.41, 5.74) is 0. The highest BCUT2D eigenvalue weighted by Gasteiger charge is 2.04. The van der Waals surface area contributed by atoms with Gasteiger partial charge in [-0.05, 0) is 0 Å². The van der Waals surface area contributed by atoms with Crippen LogP contribution in [0.25, 0.3) is 0 Å². The molecule has 0 aromatic heterocycles. The number of hydrogen-bond donors (Lipinski definition) is 0. The Hall–Kier alpha value is -1.06. The molecule has 0 unspecified atom stereocenters. The van der Waals surface area contributed by atoms with E-state index in [0.717, 1.165) is 0 Å². The van der Waals surface area contributed by atoms with E-state index in [0.29, 0.717) is 13.0 Å². The largest absolute Gasteiger partial charge is 0.464 e. The van der Waals surface area contributed by atoms with Crippen LogP contribution >= 0.6 is 0 Å². The third-order valence-electron chi connectivity index (χ3n) is 1.46. The molecule has 0 aliphatic rings. The molecule has 0 rings (SSSR count). The Morgan fingerprint density at radius 3 is 2.14 bits per heavy atom. The van der Waals surface area contributed by atoms with Crippen LogP contribution in [0.4, 0.5) is 0 Å². The van der Waals surface area contributed by atoms with Crippen molar-refractivity contribution in [1.29, 1.82) is 0 Å². The lowest BCUT2D eigenvalue weighted by Crippen LogP contribution is -2.29. The second-order valence-electron chi connectivity index (χ2n) is 2.51. The van der Waals surface area contributed by atoms with Gasteiger partial charge in [-0.15, -0.1) is 0 Å². The van der Waals surface area contributed by atoms with Crippen molar-refractivity contribution in [3.05, 3.63) is 0 Å². The fourth-order valence-electron chi connectivity index (χ4n) is 0.721. The Balaban J connectivity index is 0. The standard InChI is InChI=1S/C8H15NO3.C2H6/c1-4-8(11)9(3)5-6-12-7(2)10;1-2/h4-6H2,1-3H3;1-2H3. The fourth-order valence-corrected chi connectivity index (χ4v) is 0.721.